The number of fused-ring (bicyclic) bond motifs is 1. The molecule has 2 heterocycles. The Morgan fingerprint density at radius 1 is 1.30 bits per heavy atom. The fourth-order valence-electron chi connectivity index (χ4n) is 2.11. The minimum Gasteiger partial charge on any atom is -0.375 e. The summed E-state index contributed by atoms with van der Waals surface area (Å²) >= 11 is 1.40. The van der Waals surface area contributed by atoms with Crippen molar-refractivity contribution in [1.82, 2.24) is 9.56 Å². The Morgan fingerprint density at radius 2 is 2.09 bits per heavy atom. The first-order valence-corrected chi connectivity index (χ1v) is 8.19. The minimum atomic E-state index is -0.257. The average molecular weight is 329 g/mol. The number of nitrogens with zero attached hydrogens (tertiary/aromatic N) is 2. The number of para-hydroxylation sites is 1. The second-order valence-corrected chi connectivity index (χ2v) is 5.98. The number of aryl methyl sites for hydroxylation is 1. The normalized spacial score (nSPS) is 10.8. The summed E-state index contributed by atoms with van der Waals surface area (Å²) in [6.45, 7) is 1.76. The van der Waals surface area contributed by atoms with Gasteiger partial charge in [-0.15, -0.1) is 16.3 Å². The zero-order valence-corrected chi connectivity index (χ0v) is 13.3. The van der Waals surface area contributed by atoms with Crippen molar-refractivity contribution >= 4 is 29.0 Å². The maximum Gasteiger partial charge on any atom is 0.287 e. The van der Waals surface area contributed by atoms with Crippen molar-refractivity contribution in [2.75, 3.05) is 11.1 Å². The van der Waals surface area contributed by atoms with Gasteiger partial charge >= 0.3 is 0 Å². The van der Waals surface area contributed by atoms with Gasteiger partial charge in [-0.2, -0.15) is 0 Å². The molecule has 1 aromatic carbocycles. The van der Waals surface area contributed by atoms with Crippen molar-refractivity contribution < 1.29 is 9.32 Å². The molecule has 23 heavy (non-hydrogen) atoms. The largest absolute Gasteiger partial charge is 0.375 e. The molecule has 0 spiro atoms. The van der Waals surface area contributed by atoms with E-state index in [1.165, 1.54) is 17.8 Å². The van der Waals surface area contributed by atoms with Gasteiger partial charge in [0.1, 0.15) is 5.76 Å². The maximum atomic E-state index is 11.9. The lowest BCUT2D eigenvalue weighted by molar-refractivity contribution is -0.113. The number of nitrogens with one attached hydrogen (secondary N) is 1. The molecular formula is C16H15N3O3S. The highest BCUT2D eigenvalue weighted by molar-refractivity contribution is 7.99. The van der Waals surface area contributed by atoms with Gasteiger partial charge in [0.25, 0.3) is 5.56 Å². The summed E-state index contributed by atoms with van der Waals surface area (Å²) < 4.78 is 6.39. The summed E-state index contributed by atoms with van der Waals surface area (Å²) in [5.74, 6) is 1.32. The number of thioether (sulfide) groups is 1. The number of amides is 1. The molecule has 0 aliphatic carbocycles. The molecule has 0 atom stereocenters. The van der Waals surface area contributed by atoms with Gasteiger partial charge < -0.3 is 9.84 Å². The van der Waals surface area contributed by atoms with E-state index in [2.05, 4.69) is 10.3 Å². The van der Waals surface area contributed by atoms with Gasteiger partial charge in [0.05, 0.1) is 11.4 Å². The summed E-state index contributed by atoms with van der Waals surface area (Å²) in [5, 5.41) is 2.81. The van der Waals surface area contributed by atoms with E-state index in [0.717, 1.165) is 10.3 Å². The number of carbonyl (C=O) groups is 1. The third kappa shape index (κ3) is 3.81. The summed E-state index contributed by atoms with van der Waals surface area (Å²) in [7, 11) is 0. The molecule has 0 unspecified atom stereocenters. The number of carbonyl (C=O) groups excluding carboxylic acids is 1. The van der Waals surface area contributed by atoms with E-state index in [1.54, 1.807) is 13.0 Å². The van der Waals surface area contributed by atoms with Crippen LogP contribution >= 0.6 is 11.8 Å². The van der Waals surface area contributed by atoms with Crippen molar-refractivity contribution in [2.45, 2.75) is 12.7 Å². The van der Waals surface area contributed by atoms with E-state index < -0.39 is 0 Å². The molecular weight excluding hydrogens is 314 g/mol. The first kappa shape index (κ1) is 15.4. The standard InChI is InChI=1S/C16H15N3O3S/c1-11-7-14-17-13(8-16(21)19(14)22-11)9-23-10-15(20)18-12-5-3-2-4-6-12/h2-8H,9-10H2,1H3,(H,18,20). The average Bonchev–Trinajstić information content (AvgIpc) is 2.89. The summed E-state index contributed by atoms with van der Waals surface area (Å²) in [6.07, 6.45) is 0. The minimum absolute atomic E-state index is 0.0850. The second kappa shape index (κ2) is 6.70. The monoisotopic (exact) mass is 329 g/mol. The molecule has 3 aromatic rings. The van der Waals surface area contributed by atoms with Gasteiger partial charge in [0, 0.05) is 23.6 Å². The summed E-state index contributed by atoms with van der Waals surface area (Å²) in [5.41, 5.74) is 1.63. The van der Waals surface area contributed by atoms with Crippen LogP contribution in [-0.4, -0.2) is 21.2 Å². The Labute approximate surface area is 136 Å². The van der Waals surface area contributed by atoms with Crippen LogP contribution in [0.25, 0.3) is 5.65 Å². The first-order valence-electron chi connectivity index (χ1n) is 7.04. The van der Waals surface area contributed by atoms with Gasteiger partial charge in [0.2, 0.25) is 5.91 Å². The highest BCUT2D eigenvalue weighted by Crippen LogP contribution is 2.12. The van der Waals surface area contributed by atoms with Crippen LogP contribution in [0.2, 0.25) is 0 Å². The number of hydrogen-bond acceptors (Lipinski definition) is 5. The van der Waals surface area contributed by atoms with E-state index in [4.69, 9.17) is 4.52 Å². The van der Waals surface area contributed by atoms with E-state index >= 15 is 0 Å². The van der Waals surface area contributed by atoms with Crippen LogP contribution in [0.15, 0.2) is 51.8 Å². The third-order valence-corrected chi connectivity index (χ3v) is 4.03. The van der Waals surface area contributed by atoms with Gasteiger partial charge in [-0.3, -0.25) is 9.59 Å². The zero-order chi connectivity index (χ0) is 16.2. The van der Waals surface area contributed by atoms with Crippen molar-refractivity contribution in [2.24, 2.45) is 0 Å². The van der Waals surface area contributed by atoms with Gasteiger partial charge in [-0.25, -0.2) is 4.98 Å². The molecule has 0 aliphatic heterocycles. The molecule has 6 nitrogen and oxygen atoms in total. The molecule has 0 aliphatic rings. The van der Waals surface area contributed by atoms with Crippen LogP contribution in [0.4, 0.5) is 5.69 Å². The molecule has 0 saturated carbocycles. The number of rotatable bonds is 5. The quantitative estimate of drug-likeness (QED) is 0.778. The Hall–Kier alpha value is -2.54. The lowest BCUT2D eigenvalue weighted by Gasteiger charge is -2.04. The van der Waals surface area contributed by atoms with Gasteiger partial charge in [-0.05, 0) is 19.1 Å². The van der Waals surface area contributed by atoms with E-state index in [-0.39, 0.29) is 11.5 Å². The molecule has 1 amide bonds. The highest BCUT2D eigenvalue weighted by atomic mass is 32.2. The van der Waals surface area contributed by atoms with E-state index in [1.807, 2.05) is 30.3 Å². The zero-order valence-electron chi connectivity index (χ0n) is 12.5. The van der Waals surface area contributed by atoms with Crippen LogP contribution in [0.5, 0.6) is 0 Å². The predicted octanol–water partition coefficient (Wildman–Crippen LogP) is 2.47. The highest BCUT2D eigenvalue weighted by Gasteiger charge is 2.08. The smallest absolute Gasteiger partial charge is 0.287 e. The number of aromatic nitrogens is 2. The topological polar surface area (TPSA) is 76.6 Å². The van der Waals surface area contributed by atoms with Crippen LogP contribution in [0, 0.1) is 6.92 Å². The van der Waals surface area contributed by atoms with Crippen LogP contribution in [0.1, 0.15) is 11.5 Å². The molecule has 0 bridgehead atoms. The molecule has 0 saturated heterocycles. The fourth-order valence-corrected chi connectivity index (χ4v) is 2.83. The number of benzene rings is 1. The van der Waals surface area contributed by atoms with Gasteiger partial charge in [-0.1, -0.05) is 18.2 Å². The Morgan fingerprint density at radius 3 is 2.87 bits per heavy atom. The van der Waals surface area contributed by atoms with Crippen LogP contribution in [0.3, 0.4) is 0 Å². The van der Waals surface area contributed by atoms with Crippen molar-refractivity contribution in [3.63, 3.8) is 0 Å². The Bertz CT molecular complexity index is 886. The van der Waals surface area contributed by atoms with Gasteiger partial charge in [0.15, 0.2) is 5.65 Å². The third-order valence-electron chi connectivity index (χ3n) is 3.06. The molecule has 1 N–H and O–H groups in total. The van der Waals surface area contributed by atoms with Crippen molar-refractivity contribution in [1.29, 1.82) is 0 Å². The van der Waals surface area contributed by atoms with Crippen LogP contribution in [-0.2, 0) is 10.5 Å². The van der Waals surface area contributed by atoms with Crippen molar-refractivity contribution in [3.05, 3.63) is 64.3 Å². The second-order valence-electron chi connectivity index (χ2n) is 4.99. The molecule has 118 valence electrons. The summed E-state index contributed by atoms with van der Waals surface area (Å²) in [6, 6.07) is 12.4. The molecule has 7 heteroatoms. The molecule has 2 aromatic heterocycles. The number of anilines is 1. The van der Waals surface area contributed by atoms with E-state index in [9.17, 15) is 9.59 Å². The Balaban J connectivity index is 1.58. The molecule has 0 fully saturated rings. The van der Waals surface area contributed by atoms with Crippen molar-refractivity contribution in [3.8, 4) is 0 Å². The Kier molecular flexibility index (Phi) is 4.47. The predicted molar refractivity (Wildman–Crippen MR) is 89.7 cm³/mol. The maximum absolute atomic E-state index is 11.9. The first-order chi connectivity index (χ1) is 11.1. The van der Waals surface area contributed by atoms with E-state index in [0.29, 0.717) is 28.6 Å². The lowest BCUT2D eigenvalue weighted by Crippen LogP contribution is -2.15. The summed E-state index contributed by atoms with van der Waals surface area (Å²) in [4.78, 5) is 28.1. The molecule has 0 radical (unpaired) electrons. The fraction of sp³-hybridized carbons (Fsp3) is 0.188. The SMILES string of the molecule is Cc1cc2nc(CSCC(=O)Nc3ccccc3)cc(=O)n2o1. The van der Waals surface area contributed by atoms with Crippen LogP contribution < -0.4 is 10.9 Å². The number of hydrogen-bond donors (Lipinski definition) is 1. The lowest BCUT2D eigenvalue weighted by atomic mass is 10.3. The molecule has 3 rings (SSSR count).